The molecule has 0 spiro atoms. The van der Waals surface area contributed by atoms with E-state index in [1.807, 2.05) is 37.3 Å². The molecule has 0 aliphatic carbocycles. The smallest absolute Gasteiger partial charge is 0.225 e. The zero-order valence-corrected chi connectivity index (χ0v) is 11.6. The maximum Gasteiger partial charge on any atom is 0.225 e. The molecule has 0 aromatic heterocycles. The van der Waals surface area contributed by atoms with Crippen molar-refractivity contribution in [1.82, 2.24) is 4.90 Å². The van der Waals surface area contributed by atoms with Gasteiger partial charge in [-0.3, -0.25) is 4.79 Å². The molecule has 0 saturated carbocycles. The minimum Gasteiger partial charge on any atom is -0.395 e. The Morgan fingerprint density at radius 1 is 1.37 bits per heavy atom. The fraction of sp³-hybridized carbons (Fsp3) is 0.533. The quantitative estimate of drug-likeness (QED) is 0.745. The number of hydrogen-bond donors (Lipinski definition) is 2. The lowest BCUT2D eigenvalue weighted by Gasteiger charge is -2.25. The number of carbonyl (C=O) groups excluding carboxylic acids is 1. The van der Waals surface area contributed by atoms with E-state index in [9.17, 15) is 4.79 Å². The first-order valence-corrected chi connectivity index (χ1v) is 6.82. The molecule has 0 saturated heterocycles. The van der Waals surface area contributed by atoms with Crippen LogP contribution in [0.5, 0.6) is 0 Å². The molecule has 0 aliphatic rings. The second kappa shape index (κ2) is 8.67. The summed E-state index contributed by atoms with van der Waals surface area (Å²) in [5.41, 5.74) is 6.55. The Bertz CT molecular complexity index is 368. The van der Waals surface area contributed by atoms with Crippen molar-refractivity contribution < 1.29 is 9.90 Å². The highest BCUT2D eigenvalue weighted by atomic mass is 16.3. The van der Waals surface area contributed by atoms with E-state index < -0.39 is 0 Å². The van der Waals surface area contributed by atoms with Crippen LogP contribution in [-0.2, 0) is 11.3 Å². The van der Waals surface area contributed by atoms with Crippen LogP contribution in [0.2, 0.25) is 0 Å². The molecular formula is C15H24N2O2. The predicted molar refractivity (Wildman–Crippen MR) is 76.4 cm³/mol. The van der Waals surface area contributed by atoms with Gasteiger partial charge in [-0.25, -0.2) is 0 Å². The van der Waals surface area contributed by atoms with E-state index in [2.05, 4.69) is 0 Å². The van der Waals surface area contributed by atoms with E-state index >= 15 is 0 Å². The van der Waals surface area contributed by atoms with Gasteiger partial charge in [0.25, 0.3) is 0 Å². The zero-order chi connectivity index (χ0) is 14.1. The van der Waals surface area contributed by atoms with Crippen molar-refractivity contribution in [2.24, 2.45) is 11.7 Å². The first kappa shape index (κ1) is 15.7. The van der Waals surface area contributed by atoms with Crippen LogP contribution in [-0.4, -0.2) is 35.6 Å². The van der Waals surface area contributed by atoms with Gasteiger partial charge in [0.1, 0.15) is 0 Å². The Hall–Kier alpha value is -1.39. The van der Waals surface area contributed by atoms with E-state index in [0.29, 0.717) is 19.6 Å². The summed E-state index contributed by atoms with van der Waals surface area (Å²) >= 11 is 0. The Morgan fingerprint density at radius 3 is 2.63 bits per heavy atom. The van der Waals surface area contributed by atoms with E-state index in [4.69, 9.17) is 10.8 Å². The van der Waals surface area contributed by atoms with Gasteiger partial charge in [0, 0.05) is 19.0 Å². The largest absolute Gasteiger partial charge is 0.395 e. The highest BCUT2D eigenvalue weighted by molar-refractivity contribution is 5.78. The number of amides is 1. The van der Waals surface area contributed by atoms with E-state index in [0.717, 1.165) is 18.4 Å². The highest BCUT2D eigenvalue weighted by Crippen LogP contribution is 2.12. The van der Waals surface area contributed by atoms with Gasteiger partial charge in [0.15, 0.2) is 0 Å². The minimum atomic E-state index is -0.0428. The van der Waals surface area contributed by atoms with Crippen LogP contribution >= 0.6 is 0 Å². The van der Waals surface area contributed by atoms with Gasteiger partial charge in [-0.1, -0.05) is 37.3 Å². The van der Waals surface area contributed by atoms with Crippen LogP contribution in [0.15, 0.2) is 30.3 Å². The van der Waals surface area contributed by atoms with Crippen LogP contribution in [0.4, 0.5) is 0 Å². The molecule has 4 nitrogen and oxygen atoms in total. The lowest BCUT2D eigenvalue weighted by Crippen LogP contribution is -2.37. The van der Waals surface area contributed by atoms with Crippen LogP contribution in [0.3, 0.4) is 0 Å². The Kier molecular flexibility index (Phi) is 7.15. The Labute approximate surface area is 115 Å². The number of hydrogen-bond acceptors (Lipinski definition) is 3. The standard InChI is InChI=1S/C15H24N2O2/c1-13(6-5-9-16)15(19)17(10-11-18)12-14-7-3-2-4-8-14/h2-4,7-8,13,18H,5-6,9-12,16H2,1H3. The fourth-order valence-corrected chi connectivity index (χ4v) is 2.05. The van der Waals surface area contributed by atoms with Gasteiger partial charge in [-0.05, 0) is 24.9 Å². The molecule has 1 rings (SSSR count). The molecule has 1 atom stereocenters. The summed E-state index contributed by atoms with van der Waals surface area (Å²) in [6.07, 6.45) is 1.65. The normalized spacial score (nSPS) is 12.2. The zero-order valence-electron chi connectivity index (χ0n) is 11.6. The molecule has 1 unspecified atom stereocenters. The van der Waals surface area contributed by atoms with Crippen molar-refractivity contribution in [3.8, 4) is 0 Å². The summed E-state index contributed by atoms with van der Waals surface area (Å²) in [5, 5.41) is 9.11. The minimum absolute atomic E-state index is 0.0117. The van der Waals surface area contributed by atoms with Crippen molar-refractivity contribution in [2.45, 2.75) is 26.3 Å². The van der Waals surface area contributed by atoms with Crippen molar-refractivity contribution >= 4 is 5.91 Å². The van der Waals surface area contributed by atoms with Crippen LogP contribution in [0.1, 0.15) is 25.3 Å². The third-order valence-electron chi connectivity index (χ3n) is 3.16. The van der Waals surface area contributed by atoms with Gasteiger partial charge >= 0.3 is 0 Å². The lowest BCUT2D eigenvalue weighted by molar-refractivity contribution is -0.136. The average Bonchev–Trinajstić information content (AvgIpc) is 2.44. The summed E-state index contributed by atoms with van der Waals surface area (Å²) < 4.78 is 0. The van der Waals surface area contributed by atoms with Gasteiger partial charge in [0.05, 0.1) is 6.61 Å². The van der Waals surface area contributed by atoms with Crippen LogP contribution in [0.25, 0.3) is 0 Å². The topological polar surface area (TPSA) is 66.6 Å². The van der Waals surface area contributed by atoms with Crippen molar-refractivity contribution in [1.29, 1.82) is 0 Å². The monoisotopic (exact) mass is 264 g/mol. The molecule has 3 N–H and O–H groups in total. The van der Waals surface area contributed by atoms with E-state index in [1.54, 1.807) is 4.90 Å². The molecule has 1 aromatic rings. The molecule has 1 amide bonds. The summed E-state index contributed by atoms with van der Waals surface area (Å²) in [6, 6.07) is 9.83. The maximum absolute atomic E-state index is 12.3. The molecule has 0 aliphatic heterocycles. The fourth-order valence-electron chi connectivity index (χ4n) is 2.05. The molecule has 106 valence electrons. The molecule has 0 heterocycles. The highest BCUT2D eigenvalue weighted by Gasteiger charge is 2.19. The number of carbonyl (C=O) groups is 1. The van der Waals surface area contributed by atoms with Crippen LogP contribution < -0.4 is 5.73 Å². The SMILES string of the molecule is CC(CCCN)C(=O)N(CCO)Cc1ccccc1. The van der Waals surface area contributed by atoms with E-state index in [1.165, 1.54) is 0 Å². The van der Waals surface area contributed by atoms with Crippen molar-refractivity contribution in [3.63, 3.8) is 0 Å². The number of benzene rings is 1. The van der Waals surface area contributed by atoms with Crippen molar-refractivity contribution in [3.05, 3.63) is 35.9 Å². The number of rotatable bonds is 8. The summed E-state index contributed by atoms with van der Waals surface area (Å²) in [5.74, 6) is 0.0464. The molecule has 0 bridgehead atoms. The van der Waals surface area contributed by atoms with Gasteiger partial charge < -0.3 is 15.7 Å². The summed E-state index contributed by atoms with van der Waals surface area (Å²) in [7, 11) is 0. The third kappa shape index (κ3) is 5.41. The maximum atomic E-state index is 12.3. The third-order valence-corrected chi connectivity index (χ3v) is 3.16. The number of aliphatic hydroxyl groups excluding tert-OH is 1. The summed E-state index contributed by atoms with van der Waals surface area (Å²) in [4.78, 5) is 14.0. The van der Waals surface area contributed by atoms with Gasteiger partial charge in [-0.15, -0.1) is 0 Å². The number of nitrogens with zero attached hydrogens (tertiary/aromatic N) is 1. The van der Waals surface area contributed by atoms with Crippen molar-refractivity contribution in [2.75, 3.05) is 19.7 Å². The molecule has 19 heavy (non-hydrogen) atoms. The van der Waals surface area contributed by atoms with Gasteiger partial charge in [-0.2, -0.15) is 0 Å². The second-order valence-electron chi connectivity index (χ2n) is 4.80. The number of nitrogens with two attached hydrogens (primary N) is 1. The Balaban J connectivity index is 2.63. The summed E-state index contributed by atoms with van der Waals surface area (Å²) in [6.45, 7) is 3.44. The second-order valence-corrected chi connectivity index (χ2v) is 4.80. The number of aliphatic hydroxyl groups is 1. The molecule has 0 fully saturated rings. The first-order chi connectivity index (χ1) is 9.19. The molecule has 0 radical (unpaired) electrons. The van der Waals surface area contributed by atoms with Gasteiger partial charge in [0.2, 0.25) is 5.91 Å². The Morgan fingerprint density at radius 2 is 2.05 bits per heavy atom. The predicted octanol–water partition coefficient (Wildman–Crippen LogP) is 1.38. The van der Waals surface area contributed by atoms with Crippen LogP contribution in [0, 0.1) is 5.92 Å². The molecule has 4 heteroatoms. The first-order valence-electron chi connectivity index (χ1n) is 6.82. The lowest BCUT2D eigenvalue weighted by atomic mass is 10.0. The molecule has 1 aromatic carbocycles. The average molecular weight is 264 g/mol. The van der Waals surface area contributed by atoms with E-state index in [-0.39, 0.29) is 18.4 Å². The molecular weight excluding hydrogens is 240 g/mol.